The number of aliphatic hydroxyl groups is 1. The van der Waals surface area contributed by atoms with Crippen molar-refractivity contribution in [1.82, 2.24) is 0 Å². The van der Waals surface area contributed by atoms with Crippen LogP contribution in [0.1, 0.15) is 22.8 Å². The van der Waals surface area contributed by atoms with Crippen LogP contribution in [-0.4, -0.2) is 12.2 Å². The summed E-state index contributed by atoms with van der Waals surface area (Å²) in [6.45, 7) is 1.83. The predicted molar refractivity (Wildman–Crippen MR) is 80.9 cm³/mol. The molecular formula is C15H13BrClFO2. The highest BCUT2D eigenvalue weighted by Crippen LogP contribution is 2.38. The summed E-state index contributed by atoms with van der Waals surface area (Å²) in [6, 6.07) is 7.81. The first-order valence-corrected chi connectivity index (χ1v) is 7.08. The molecule has 0 saturated carbocycles. The Kier molecular flexibility index (Phi) is 4.68. The number of aryl methyl sites for hydroxylation is 1. The molecule has 0 spiro atoms. The second-order valence-corrected chi connectivity index (χ2v) is 5.73. The molecule has 0 heterocycles. The lowest BCUT2D eigenvalue weighted by Gasteiger charge is -2.18. The average Bonchev–Trinajstić information content (AvgIpc) is 2.40. The van der Waals surface area contributed by atoms with E-state index in [2.05, 4.69) is 15.9 Å². The van der Waals surface area contributed by atoms with Crippen LogP contribution in [-0.2, 0) is 0 Å². The van der Waals surface area contributed by atoms with Crippen LogP contribution in [0.2, 0.25) is 5.02 Å². The van der Waals surface area contributed by atoms with E-state index in [-0.39, 0.29) is 5.56 Å². The van der Waals surface area contributed by atoms with Gasteiger partial charge in [-0.1, -0.05) is 29.3 Å². The summed E-state index contributed by atoms with van der Waals surface area (Å²) in [5.41, 5.74) is 1.47. The van der Waals surface area contributed by atoms with Crippen LogP contribution in [0.3, 0.4) is 0 Å². The molecule has 2 aromatic rings. The van der Waals surface area contributed by atoms with Crippen LogP contribution < -0.4 is 4.74 Å². The molecule has 5 heteroatoms. The van der Waals surface area contributed by atoms with Gasteiger partial charge in [0.05, 0.1) is 11.6 Å². The molecule has 0 saturated heterocycles. The van der Waals surface area contributed by atoms with E-state index in [1.165, 1.54) is 13.2 Å². The van der Waals surface area contributed by atoms with Gasteiger partial charge in [0.1, 0.15) is 17.7 Å². The van der Waals surface area contributed by atoms with Crippen molar-refractivity contribution in [2.75, 3.05) is 7.11 Å². The number of rotatable bonds is 3. The van der Waals surface area contributed by atoms with E-state index in [0.717, 1.165) is 5.56 Å². The molecular weight excluding hydrogens is 347 g/mol. The van der Waals surface area contributed by atoms with Crippen molar-refractivity contribution in [3.63, 3.8) is 0 Å². The van der Waals surface area contributed by atoms with Crippen LogP contribution in [0.25, 0.3) is 0 Å². The van der Waals surface area contributed by atoms with E-state index >= 15 is 0 Å². The number of hydrogen-bond acceptors (Lipinski definition) is 2. The van der Waals surface area contributed by atoms with Crippen molar-refractivity contribution in [2.45, 2.75) is 13.0 Å². The second-order valence-electron chi connectivity index (χ2n) is 4.44. The van der Waals surface area contributed by atoms with Crippen molar-refractivity contribution in [3.8, 4) is 5.75 Å². The van der Waals surface area contributed by atoms with Gasteiger partial charge in [-0.2, -0.15) is 0 Å². The van der Waals surface area contributed by atoms with Gasteiger partial charge in [-0.15, -0.1) is 0 Å². The van der Waals surface area contributed by atoms with E-state index in [4.69, 9.17) is 16.3 Å². The molecule has 0 aliphatic carbocycles. The first kappa shape index (κ1) is 15.3. The van der Waals surface area contributed by atoms with E-state index in [1.807, 2.05) is 6.92 Å². The molecule has 106 valence electrons. The van der Waals surface area contributed by atoms with Gasteiger partial charge in [0.15, 0.2) is 0 Å². The van der Waals surface area contributed by atoms with E-state index in [0.29, 0.717) is 20.8 Å². The second kappa shape index (κ2) is 6.12. The minimum absolute atomic E-state index is 0.192. The summed E-state index contributed by atoms with van der Waals surface area (Å²) in [7, 11) is 1.48. The van der Waals surface area contributed by atoms with Gasteiger partial charge in [-0.3, -0.25) is 0 Å². The van der Waals surface area contributed by atoms with E-state index in [9.17, 15) is 9.50 Å². The molecule has 1 unspecified atom stereocenters. The van der Waals surface area contributed by atoms with Crippen molar-refractivity contribution in [1.29, 1.82) is 0 Å². The molecule has 2 aromatic carbocycles. The number of methoxy groups -OCH3 is 1. The third-order valence-electron chi connectivity index (χ3n) is 2.98. The van der Waals surface area contributed by atoms with Gasteiger partial charge in [0, 0.05) is 16.1 Å². The summed E-state index contributed by atoms with van der Waals surface area (Å²) in [6.07, 6.45) is -1.15. The maximum atomic E-state index is 13.9. The van der Waals surface area contributed by atoms with Crippen molar-refractivity contribution in [2.24, 2.45) is 0 Å². The predicted octanol–water partition coefficient (Wildman–Crippen LogP) is 4.64. The summed E-state index contributed by atoms with van der Waals surface area (Å²) >= 11 is 9.31. The van der Waals surface area contributed by atoms with Crippen LogP contribution in [0.15, 0.2) is 34.8 Å². The van der Waals surface area contributed by atoms with Gasteiger partial charge in [0.2, 0.25) is 0 Å². The minimum Gasteiger partial charge on any atom is -0.495 e. The van der Waals surface area contributed by atoms with Gasteiger partial charge >= 0.3 is 0 Å². The Hall–Kier alpha value is -1.10. The summed E-state index contributed by atoms with van der Waals surface area (Å²) in [4.78, 5) is 0. The summed E-state index contributed by atoms with van der Waals surface area (Å²) < 4.78 is 19.8. The molecule has 0 amide bonds. The number of aliphatic hydroxyl groups excluding tert-OH is 1. The fourth-order valence-corrected chi connectivity index (χ4v) is 3.03. The fourth-order valence-electron chi connectivity index (χ4n) is 2.04. The molecule has 0 bridgehead atoms. The topological polar surface area (TPSA) is 29.5 Å². The highest BCUT2D eigenvalue weighted by Gasteiger charge is 2.21. The molecule has 0 aliphatic heterocycles. The van der Waals surface area contributed by atoms with Crippen molar-refractivity contribution >= 4 is 27.5 Å². The van der Waals surface area contributed by atoms with Gasteiger partial charge in [-0.25, -0.2) is 4.39 Å². The van der Waals surface area contributed by atoms with Gasteiger partial charge in [0.25, 0.3) is 0 Å². The third-order valence-corrected chi connectivity index (χ3v) is 3.79. The number of benzene rings is 2. The van der Waals surface area contributed by atoms with Crippen LogP contribution >= 0.6 is 27.5 Å². The molecule has 0 aromatic heterocycles. The molecule has 1 atom stereocenters. The molecule has 0 aliphatic rings. The smallest absolute Gasteiger partial charge is 0.139 e. The first-order valence-electron chi connectivity index (χ1n) is 5.91. The van der Waals surface area contributed by atoms with Crippen molar-refractivity contribution in [3.05, 3.63) is 62.3 Å². The van der Waals surface area contributed by atoms with E-state index < -0.39 is 11.9 Å². The van der Waals surface area contributed by atoms with Crippen LogP contribution in [0.5, 0.6) is 5.75 Å². The summed E-state index contributed by atoms with van der Waals surface area (Å²) in [5, 5.41) is 10.9. The van der Waals surface area contributed by atoms with Crippen LogP contribution in [0.4, 0.5) is 4.39 Å². The zero-order valence-corrected chi connectivity index (χ0v) is 13.3. The van der Waals surface area contributed by atoms with E-state index in [1.54, 1.807) is 24.3 Å². The highest BCUT2D eigenvalue weighted by molar-refractivity contribution is 9.10. The lowest BCUT2D eigenvalue weighted by molar-refractivity contribution is 0.209. The Morgan fingerprint density at radius 2 is 1.95 bits per heavy atom. The Morgan fingerprint density at radius 3 is 2.60 bits per heavy atom. The number of hydrogen-bond donors (Lipinski definition) is 1. The molecule has 1 N–H and O–H groups in total. The monoisotopic (exact) mass is 358 g/mol. The quantitative estimate of drug-likeness (QED) is 0.865. The molecule has 2 rings (SSSR count). The molecule has 0 fully saturated rings. The Bertz CT molecular complexity index is 646. The number of ether oxygens (including phenoxy) is 1. The van der Waals surface area contributed by atoms with Crippen molar-refractivity contribution < 1.29 is 14.2 Å². The van der Waals surface area contributed by atoms with Gasteiger partial charge in [-0.05, 0) is 41.1 Å². The standard InChI is InChI=1S/C15H13BrClFO2/c1-8-3-4-13(18)10(5-8)14(19)11-6-9(17)7-12(16)15(11)20-2/h3-7,14,19H,1-2H3. The Balaban J connectivity index is 2.58. The minimum atomic E-state index is -1.15. The Labute approximate surface area is 130 Å². The maximum Gasteiger partial charge on any atom is 0.139 e. The maximum absolute atomic E-state index is 13.9. The zero-order chi connectivity index (χ0) is 14.9. The summed E-state index contributed by atoms with van der Waals surface area (Å²) in [5.74, 6) is -0.0379. The lowest BCUT2D eigenvalue weighted by Crippen LogP contribution is -2.05. The molecule has 2 nitrogen and oxygen atoms in total. The lowest BCUT2D eigenvalue weighted by atomic mass is 9.98. The molecule has 20 heavy (non-hydrogen) atoms. The molecule has 0 radical (unpaired) electrons. The zero-order valence-electron chi connectivity index (χ0n) is 11.0. The third kappa shape index (κ3) is 2.97. The Morgan fingerprint density at radius 1 is 1.25 bits per heavy atom. The average molecular weight is 360 g/mol. The largest absolute Gasteiger partial charge is 0.495 e. The highest BCUT2D eigenvalue weighted by atomic mass is 79.9. The van der Waals surface area contributed by atoms with Gasteiger partial charge < -0.3 is 9.84 Å². The van der Waals surface area contributed by atoms with Crippen LogP contribution in [0, 0.1) is 12.7 Å². The fraction of sp³-hybridized carbons (Fsp3) is 0.200. The first-order chi connectivity index (χ1) is 9.43. The normalized spacial score (nSPS) is 12.3. The number of halogens is 3. The SMILES string of the molecule is COc1c(Br)cc(Cl)cc1C(O)c1cc(C)ccc1F.